The van der Waals surface area contributed by atoms with Crippen LogP contribution in [-0.4, -0.2) is 186 Å². The highest BCUT2D eigenvalue weighted by atomic mass is 32.3. The summed E-state index contributed by atoms with van der Waals surface area (Å²) >= 11 is 0. The van der Waals surface area contributed by atoms with E-state index in [1.165, 1.54) is 4.72 Å². The van der Waals surface area contributed by atoms with Crippen molar-refractivity contribution in [3.63, 3.8) is 0 Å². The number of carbonyl (C=O) groups is 1. The fourth-order valence-corrected chi connectivity index (χ4v) is 6.15. The third-order valence-electron chi connectivity index (χ3n) is 6.87. The van der Waals surface area contributed by atoms with Crippen LogP contribution in [0.25, 0.3) is 0 Å². The summed E-state index contributed by atoms with van der Waals surface area (Å²) in [6.07, 6.45) is -29.0. The van der Waals surface area contributed by atoms with Crippen LogP contribution in [0, 0.1) is 0 Å². The van der Waals surface area contributed by atoms with Gasteiger partial charge in [-0.1, -0.05) is 0 Å². The smallest absolute Gasteiger partial charge is 0.397 e. The molecule has 26 nitrogen and oxygen atoms in total. The number of aliphatic hydroxyl groups excluding tert-OH is 6. The van der Waals surface area contributed by atoms with Crippen LogP contribution in [0.1, 0.15) is 0 Å². The minimum absolute atomic E-state index is 1.13. The van der Waals surface area contributed by atoms with Crippen molar-refractivity contribution in [1.29, 1.82) is 0 Å². The minimum Gasteiger partial charge on any atom is -0.479 e. The van der Waals surface area contributed by atoms with Crippen LogP contribution in [0.2, 0.25) is 0 Å². The minimum atomic E-state index is -5.61. The Bertz CT molecular complexity index is 1410. The molecule has 0 aromatic rings. The van der Waals surface area contributed by atoms with Crippen molar-refractivity contribution in [2.24, 2.45) is 5.73 Å². The lowest BCUT2D eigenvalue weighted by atomic mass is 9.95. The highest BCUT2D eigenvalue weighted by Crippen LogP contribution is 2.34. The number of aliphatic carboxylic acids is 1. The van der Waals surface area contributed by atoms with Crippen LogP contribution in [0.5, 0.6) is 0 Å². The quantitative estimate of drug-likeness (QED) is 0.0776. The van der Waals surface area contributed by atoms with Gasteiger partial charge in [0, 0.05) is 0 Å². The Labute approximate surface area is 264 Å². The van der Waals surface area contributed by atoms with Gasteiger partial charge in [-0.05, 0) is 0 Å². The van der Waals surface area contributed by atoms with Gasteiger partial charge in [0.05, 0.1) is 19.3 Å². The van der Waals surface area contributed by atoms with Crippen LogP contribution in [0.15, 0.2) is 0 Å². The second-order valence-corrected chi connectivity index (χ2v) is 13.4. The molecule has 3 heterocycles. The predicted octanol–water partition coefficient (Wildman–Crippen LogP) is -8.46. The molecule has 0 saturated carbocycles. The lowest BCUT2D eigenvalue weighted by molar-refractivity contribution is -0.357. The number of carboxylic acids is 1. The number of nitrogens with one attached hydrogen (secondary N) is 1. The highest BCUT2D eigenvalue weighted by Gasteiger charge is 2.57. The summed E-state index contributed by atoms with van der Waals surface area (Å²) in [6, 6.07) is -3.97. The molecule has 3 fully saturated rings. The maximum atomic E-state index is 12.2. The average molecular weight is 757 g/mol. The van der Waals surface area contributed by atoms with Crippen LogP contribution in [-0.2, 0) is 67.9 Å². The second kappa shape index (κ2) is 15.2. The SMILES string of the molecule is N[C@H]1[C@@H](O[C@H]2[C@H](O)[C@@H](OS(=O)(=O)O)[C@H](O[C@H]3[C@H](O)[C@@H](NS(=O)(=O)O)[C@@H](O)O[C@@H]3CO)O[C@H]2C(=O)O)O[C@H](COS(=O)(=O)O)[C@@H](O)[C@@H]1O. The van der Waals surface area contributed by atoms with E-state index in [1.807, 2.05) is 0 Å². The standard InChI is InChI=1S/C18H32N2O24S3/c19-5-8(23)7(22)4(2-38-46(32,33)34)40-17(5)42-12-10(25)13(44-47(35,36)37)18(43-14(12)15(26)27)41-11-3(1-21)39-16(28)6(9(11)24)20-45(29,30)31/h3-14,16-18,20-25,28H,1-2,19H2,(H,26,27)(H,29,30,31)(H,32,33,34)(H,35,36,37)/t3-,4-,5-,6-,7-,8-,9-,10+,11-,12+,13-,14-,16+,17-,18-/m1/s1. The highest BCUT2D eigenvalue weighted by molar-refractivity contribution is 7.83. The molecule has 13 N–H and O–H groups in total. The van der Waals surface area contributed by atoms with Crippen molar-refractivity contribution in [3.8, 4) is 0 Å². The van der Waals surface area contributed by atoms with Crippen molar-refractivity contribution >= 4 is 37.1 Å². The first-order valence-electron chi connectivity index (χ1n) is 12.7. The molecule has 3 aliphatic heterocycles. The van der Waals surface area contributed by atoms with Crippen LogP contribution in [0.3, 0.4) is 0 Å². The van der Waals surface area contributed by atoms with Gasteiger partial charge in [-0.3, -0.25) is 13.7 Å². The molecule has 0 spiro atoms. The first-order valence-corrected chi connectivity index (χ1v) is 16.9. The molecule has 276 valence electrons. The van der Waals surface area contributed by atoms with Crippen molar-refractivity contribution in [2.45, 2.75) is 92.0 Å². The molecule has 0 amide bonds. The molecule has 0 aromatic heterocycles. The van der Waals surface area contributed by atoms with E-state index in [4.69, 9.17) is 38.5 Å². The molecular weight excluding hydrogens is 724 g/mol. The van der Waals surface area contributed by atoms with Gasteiger partial charge in [-0.15, -0.1) is 0 Å². The van der Waals surface area contributed by atoms with Crippen molar-refractivity contribution in [2.75, 3.05) is 13.2 Å². The predicted molar refractivity (Wildman–Crippen MR) is 137 cm³/mol. The summed E-state index contributed by atoms with van der Waals surface area (Å²) in [5, 5.41) is 71.8. The van der Waals surface area contributed by atoms with E-state index in [2.05, 4.69) is 8.37 Å². The Balaban J connectivity index is 1.94. The zero-order valence-electron chi connectivity index (χ0n) is 23.1. The van der Waals surface area contributed by atoms with Crippen LogP contribution < -0.4 is 10.5 Å². The molecule has 15 atom stereocenters. The molecule has 3 rings (SSSR count). The van der Waals surface area contributed by atoms with E-state index in [-0.39, 0.29) is 0 Å². The normalized spacial score (nSPS) is 42.2. The lowest BCUT2D eigenvalue weighted by Gasteiger charge is -2.48. The Kier molecular flexibility index (Phi) is 13.0. The summed E-state index contributed by atoms with van der Waals surface area (Å²) in [6.45, 7) is -2.29. The number of carboxylic acid groups (broad SMARTS) is 1. The number of ether oxygens (including phenoxy) is 5. The maximum Gasteiger partial charge on any atom is 0.397 e. The van der Waals surface area contributed by atoms with Gasteiger partial charge in [-0.2, -0.15) is 30.0 Å². The van der Waals surface area contributed by atoms with Crippen molar-refractivity contribution in [1.82, 2.24) is 4.72 Å². The molecule has 0 bridgehead atoms. The third kappa shape index (κ3) is 10.3. The summed E-state index contributed by atoms with van der Waals surface area (Å²) in [5.74, 6) is -2.01. The second-order valence-electron chi connectivity index (χ2n) is 10.1. The Morgan fingerprint density at radius 3 is 1.85 bits per heavy atom. The van der Waals surface area contributed by atoms with Gasteiger partial charge in [0.1, 0.15) is 54.9 Å². The zero-order chi connectivity index (χ0) is 35.8. The van der Waals surface area contributed by atoms with Crippen molar-refractivity contribution < 1.29 is 112 Å². The molecule has 3 aliphatic rings. The van der Waals surface area contributed by atoms with Gasteiger partial charge in [0.25, 0.3) is 0 Å². The zero-order valence-corrected chi connectivity index (χ0v) is 25.5. The molecule has 47 heavy (non-hydrogen) atoms. The van der Waals surface area contributed by atoms with Gasteiger partial charge >= 0.3 is 37.1 Å². The van der Waals surface area contributed by atoms with Gasteiger partial charge < -0.3 is 65.2 Å². The molecule has 0 aliphatic carbocycles. The number of rotatable bonds is 13. The van der Waals surface area contributed by atoms with Gasteiger partial charge in [0.15, 0.2) is 31.1 Å². The third-order valence-corrected chi connectivity index (χ3v) is 8.34. The number of nitrogens with two attached hydrogens (primary N) is 1. The summed E-state index contributed by atoms with van der Waals surface area (Å²) in [7, 11) is -15.9. The average Bonchev–Trinajstić information content (AvgIpc) is 2.93. The largest absolute Gasteiger partial charge is 0.479 e. The fraction of sp³-hybridized carbons (Fsp3) is 0.944. The van der Waals surface area contributed by atoms with Crippen LogP contribution >= 0.6 is 0 Å². The van der Waals surface area contributed by atoms with E-state index in [0.29, 0.717) is 0 Å². The molecular formula is C18H32N2O24S3. The molecule has 0 aromatic carbocycles. The maximum absolute atomic E-state index is 12.2. The number of hydrogen-bond donors (Lipinski definition) is 12. The summed E-state index contributed by atoms with van der Waals surface area (Å²) < 4.78 is 131. The Morgan fingerprint density at radius 1 is 0.745 bits per heavy atom. The lowest BCUT2D eigenvalue weighted by Crippen LogP contribution is -2.69. The fourth-order valence-electron chi connectivity index (χ4n) is 4.75. The summed E-state index contributed by atoms with van der Waals surface area (Å²) in [4.78, 5) is 12.2. The monoisotopic (exact) mass is 756 g/mol. The van der Waals surface area contributed by atoms with Crippen LogP contribution in [0.4, 0.5) is 0 Å². The van der Waals surface area contributed by atoms with E-state index in [0.717, 1.165) is 0 Å². The number of hydrogen-bond acceptors (Lipinski definition) is 21. The van der Waals surface area contributed by atoms with E-state index in [1.54, 1.807) is 0 Å². The Morgan fingerprint density at radius 2 is 1.34 bits per heavy atom. The van der Waals surface area contributed by atoms with E-state index >= 15 is 0 Å². The van der Waals surface area contributed by atoms with Gasteiger partial charge in [0.2, 0.25) is 0 Å². The van der Waals surface area contributed by atoms with E-state index in [9.17, 15) is 70.3 Å². The molecule has 0 radical (unpaired) electrons. The number of aliphatic hydroxyl groups is 6. The van der Waals surface area contributed by atoms with Crippen molar-refractivity contribution in [3.05, 3.63) is 0 Å². The summed E-state index contributed by atoms with van der Waals surface area (Å²) in [5.41, 5.74) is 5.76. The molecule has 0 unspecified atom stereocenters. The molecule has 29 heteroatoms. The topological polar surface area (TPSA) is 424 Å². The Hall–Kier alpha value is -1.40. The first-order chi connectivity index (χ1) is 21.4. The first kappa shape index (κ1) is 40.0. The van der Waals surface area contributed by atoms with Gasteiger partial charge in [-0.25, -0.2) is 13.2 Å². The molecule has 3 saturated heterocycles. The van der Waals surface area contributed by atoms with E-state index < -0.39 is 142 Å².